The highest BCUT2D eigenvalue weighted by molar-refractivity contribution is 6.32. The molecule has 1 fully saturated rings. The maximum Gasteiger partial charge on any atom is 0.434 e. The van der Waals surface area contributed by atoms with Gasteiger partial charge >= 0.3 is 6.18 Å². The lowest BCUT2D eigenvalue weighted by molar-refractivity contribution is -0.143. The highest BCUT2D eigenvalue weighted by atomic mass is 35.5. The predicted octanol–water partition coefficient (Wildman–Crippen LogP) is 3.74. The molecule has 1 unspecified atom stereocenters. The molecule has 1 saturated heterocycles. The number of halogens is 4. The minimum atomic E-state index is -4.92. The zero-order chi connectivity index (χ0) is 27.2. The molecule has 4 aromatic heterocycles. The lowest BCUT2D eigenvalue weighted by Crippen LogP contribution is -2.22. The number of nitrogens with one attached hydrogen (secondary N) is 2. The van der Waals surface area contributed by atoms with E-state index < -0.39 is 23.3 Å². The molecule has 15 heteroatoms. The van der Waals surface area contributed by atoms with Crippen molar-refractivity contribution in [2.24, 2.45) is 0 Å². The van der Waals surface area contributed by atoms with Gasteiger partial charge in [0.25, 0.3) is 5.91 Å². The molecule has 0 bridgehead atoms. The third-order valence-corrected chi connectivity index (χ3v) is 6.46. The second-order valence-corrected chi connectivity index (χ2v) is 8.96. The van der Waals surface area contributed by atoms with Crippen LogP contribution in [-0.2, 0) is 11.0 Å². The fraction of sp³-hybridized carbons (Fsp3) is 0.261. The van der Waals surface area contributed by atoms with E-state index in [1.165, 1.54) is 30.9 Å². The van der Waals surface area contributed by atoms with E-state index in [2.05, 4.69) is 35.9 Å². The molecule has 0 saturated carbocycles. The summed E-state index contributed by atoms with van der Waals surface area (Å²) >= 11 is 6.20. The van der Waals surface area contributed by atoms with Crippen LogP contribution < -0.4 is 10.6 Å². The molecule has 1 atom stereocenters. The first kappa shape index (κ1) is 25.3. The van der Waals surface area contributed by atoms with Crippen LogP contribution in [0, 0.1) is 13.8 Å². The number of amides is 2. The normalized spacial score (nSPS) is 15.5. The van der Waals surface area contributed by atoms with Gasteiger partial charge in [-0.3, -0.25) is 14.6 Å². The van der Waals surface area contributed by atoms with Crippen LogP contribution in [-0.4, -0.2) is 46.6 Å². The number of aromatic nitrogens is 7. The number of hydrogen-bond acceptors (Lipinski definition) is 7. The van der Waals surface area contributed by atoms with Gasteiger partial charge in [-0.2, -0.15) is 28.5 Å². The maximum atomic E-state index is 14.2. The van der Waals surface area contributed by atoms with E-state index in [0.29, 0.717) is 34.3 Å². The molecule has 0 aromatic carbocycles. The largest absolute Gasteiger partial charge is 0.434 e. The minimum Gasteiger partial charge on any atom is -0.348 e. The third kappa shape index (κ3) is 4.58. The van der Waals surface area contributed by atoms with Gasteiger partial charge in [0, 0.05) is 6.42 Å². The summed E-state index contributed by atoms with van der Waals surface area (Å²) in [6.45, 7) is 3.35. The molecule has 2 N–H and O–H groups in total. The van der Waals surface area contributed by atoms with E-state index in [1.54, 1.807) is 13.8 Å². The summed E-state index contributed by atoms with van der Waals surface area (Å²) in [7, 11) is 0. The summed E-state index contributed by atoms with van der Waals surface area (Å²) in [6, 6.07) is 1.01. The predicted molar refractivity (Wildman–Crippen MR) is 128 cm³/mol. The van der Waals surface area contributed by atoms with Crippen molar-refractivity contribution in [2.45, 2.75) is 38.9 Å². The molecule has 5 heterocycles. The number of carbonyl (C=O) groups is 2. The minimum absolute atomic E-state index is 0.0581. The quantitative estimate of drug-likeness (QED) is 0.390. The summed E-state index contributed by atoms with van der Waals surface area (Å²) in [5.41, 5.74) is -0.161. The van der Waals surface area contributed by atoms with E-state index in [0.717, 1.165) is 11.0 Å². The van der Waals surface area contributed by atoms with E-state index in [-0.39, 0.29) is 34.2 Å². The van der Waals surface area contributed by atoms with Gasteiger partial charge in [0.2, 0.25) is 5.91 Å². The zero-order valence-electron chi connectivity index (χ0n) is 19.9. The van der Waals surface area contributed by atoms with Gasteiger partial charge in [0.15, 0.2) is 11.5 Å². The Bertz CT molecular complexity index is 1550. The maximum absolute atomic E-state index is 14.2. The highest BCUT2D eigenvalue weighted by Crippen LogP contribution is 2.36. The molecular formula is C23H19ClF3N9O2. The fourth-order valence-corrected chi connectivity index (χ4v) is 4.47. The summed E-state index contributed by atoms with van der Waals surface area (Å²) in [6.07, 6.45) is 2.14. The Labute approximate surface area is 218 Å². The zero-order valence-corrected chi connectivity index (χ0v) is 20.7. The number of pyridine rings is 2. The van der Waals surface area contributed by atoms with Gasteiger partial charge in [-0.1, -0.05) is 11.6 Å². The topological polar surface area (TPSA) is 133 Å². The second-order valence-electron chi connectivity index (χ2n) is 8.56. The van der Waals surface area contributed by atoms with Crippen molar-refractivity contribution in [2.75, 3.05) is 5.32 Å². The third-order valence-electron chi connectivity index (χ3n) is 6.18. The molecule has 196 valence electrons. The van der Waals surface area contributed by atoms with Crippen LogP contribution in [0.1, 0.15) is 51.8 Å². The number of hydrogen-bond donors (Lipinski definition) is 2. The molecule has 38 heavy (non-hydrogen) atoms. The van der Waals surface area contributed by atoms with E-state index in [9.17, 15) is 22.8 Å². The van der Waals surface area contributed by atoms with Gasteiger partial charge in [0.05, 0.1) is 64.7 Å². The number of nitrogens with zero attached hydrogens (tertiary/aromatic N) is 7. The van der Waals surface area contributed by atoms with Crippen molar-refractivity contribution in [3.8, 4) is 11.5 Å². The summed E-state index contributed by atoms with van der Waals surface area (Å²) in [5, 5.41) is 17.0. The van der Waals surface area contributed by atoms with Crippen LogP contribution >= 0.6 is 11.6 Å². The number of alkyl halides is 3. The Morgan fingerprint density at radius 2 is 1.84 bits per heavy atom. The Morgan fingerprint density at radius 3 is 2.47 bits per heavy atom. The number of anilines is 1. The Kier molecular flexibility index (Phi) is 6.34. The smallest absolute Gasteiger partial charge is 0.348 e. The molecular weight excluding hydrogens is 527 g/mol. The molecule has 5 rings (SSSR count). The standard InChI is InChI=1S/C23H19ClF3N9O2/c1-11-12(2)19(16-3-4-18(37)34-16)28-10-17(11)35-20(23(25,26)27)14(9-32-35)22(38)33-13-7-15(24)21(29-8-13)36-30-5-6-31-36/h5-10,16H,3-4H2,1-2H3,(H,33,38)(H,34,37). The van der Waals surface area contributed by atoms with E-state index >= 15 is 0 Å². The van der Waals surface area contributed by atoms with Gasteiger partial charge in [-0.15, -0.1) is 4.80 Å². The first-order valence-corrected chi connectivity index (χ1v) is 11.7. The molecule has 0 radical (unpaired) electrons. The Morgan fingerprint density at radius 1 is 1.11 bits per heavy atom. The van der Waals surface area contributed by atoms with Crippen LogP contribution in [0.25, 0.3) is 11.5 Å². The van der Waals surface area contributed by atoms with Crippen LogP contribution in [0.3, 0.4) is 0 Å². The van der Waals surface area contributed by atoms with Crippen molar-refractivity contribution in [3.05, 3.63) is 70.2 Å². The highest BCUT2D eigenvalue weighted by Gasteiger charge is 2.41. The molecule has 4 aromatic rings. The first-order valence-electron chi connectivity index (χ1n) is 11.3. The second kappa shape index (κ2) is 9.52. The van der Waals surface area contributed by atoms with Crippen molar-refractivity contribution < 1.29 is 22.8 Å². The lowest BCUT2D eigenvalue weighted by atomic mass is 10.0. The molecule has 2 amide bonds. The fourth-order valence-electron chi connectivity index (χ4n) is 4.23. The van der Waals surface area contributed by atoms with E-state index in [4.69, 9.17) is 11.6 Å². The molecule has 11 nitrogen and oxygen atoms in total. The molecule has 0 aliphatic carbocycles. The van der Waals surface area contributed by atoms with Crippen LogP contribution in [0.2, 0.25) is 5.02 Å². The van der Waals surface area contributed by atoms with Crippen molar-refractivity contribution in [3.63, 3.8) is 0 Å². The van der Waals surface area contributed by atoms with Gasteiger partial charge in [-0.05, 0) is 37.5 Å². The summed E-state index contributed by atoms with van der Waals surface area (Å²) in [5.74, 6) is -0.986. The average Bonchev–Trinajstić information content (AvgIpc) is 3.61. The monoisotopic (exact) mass is 545 g/mol. The number of carbonyl (C=O) groups excluding carboxylic acids is 2. The van der Waals surface area contributed by atoms with Gasteiger partial charge in [-0.25, -0.2) is 9.67 Å². The first-order chi connectivity index (χ1) is 18.0. The van der Waals surface area contributed by atoms with Crippen LogP contribution in [0.15, 0.2) is 37.1 Å². The van der Waals surface area contributed by atoms with Crippen LogP contribution in [0.5, 0.6) is 0 Å². The Balaban J connectivity index is 1.48. The van der Waals surface area contributed by atoms with Crippen molar-refractivity contribution in [1.82, 2.24) is 40.1 Å². The SMILES string of the molecule is Cc1c(-n2ncc(C(=O)Nc3cnc(-n4nccn4)c(Cl)c3)c2C(F)(F)F)cnc(C2CCC(=O)N2)c1C. The molecule has 1 aliphatic heterocycles. The number of rotatable bonds is 5. The van der Waals surface area contributed by atoms with Gasteiger partial charge in [0.1, 0.15) is 0 Å². The van der Waals surface area contributed by atoms with Gasteiger partial charge < -0.3 is 10.6 Å². The van der Waals surface area contributed by atoms with Crippen LogP contribution in [0.4, 0.5) is 18.9 Å². The van der Waals surface area contributed by atoms with E-state index in [1.807, 2.05) is 0 Å². The Hall–Kier alpha value is -4.33. The summed E-state index contributed by atoms with van der Waals surface area (Å²) in [4.78, 5) is 34.1. The van der Waals surface area contributed by atoms with Crippen molar-refractivity contribution in [1.29, 1.82) is 0 Å². The summed E-state index contributed by atoms with van der Waals surface area (Å²) < 4.78 is 43.4. The average molecular weight is 546 g/mol. The molecule has 0 spiro atoms. The molecule has 1 aliphatic rings. The lowest BCUT2D eigenvalue weighted by Gasteiger charge is -2.19. The van der Waals surface area contributed by atoms with Crippen molar-refractivity contribution >= 4 is 29.1 Å².